The molecule has 0 amide bonds. The van der Waals surface area contributed by atoms with Gasteiger partial charge in [0.1, 0.15) is 0 Å². The summed E-state index contributed by atoms with van der Waals surface area (Å²) in [6.45, 7) is 3.04. The quantitative estimate of drug-likeness (QED) is 0.896. The predicted octanol–water partition coefficient (Wildman–Crippen LogP) is 2.33. The molecule has 1 N–H and O–H groups in total. The number of aromatic amines is 1. The number of fused-ring (bicyclic) bond motifs is 1. The zero-order chi connectivity index (χ0) is 13.1. The molecule has 0 aliphatic carbocycles. The van der Waals surface area contributed by atoms with E-state index >= 15 is 0 Å². The Morgan fingerprint density at radius 1 is 1.22 bits per heavy atom. The number of rotatable bonds is 4. The van der Waals surface area contributed by atoms with E-state index in [1.807, 2.05) is 33.2 Å². The van der Waals surface area contributed by atoms with E-state index in [-0.39, 0.29) is 5.56 Å². The topological polar surface area (TPSA) is 36.1 Å². The number of hydrogen-bond donors (Lipinski definition) is 1. The zero-order valence-electron chi connectivity index (χ0n) is 11.3. The Bertz CT molecular complexity index is 599. The van der Waals surface area contributed by atoms with Crippen LogP contribution in [-0.2, 0) is 6.42 Å². The van der Waals surface area contributed by atoms with Crippen molar-refractivity contribution in [1.29, 1.82) is 0 Å². The van der Waals surface area contributed by atoms with Gasteiger partial charge in [0.2, 0.25) is 0 Å². The molecule has 1 heterocycles. The molecule has 0 saturated heterocycles. The summed E-state index contributed by atoms with van der Waals surface area (Å²) in [4.78, 5) is 17.1. The van der Waals surface area contributed by atoms with Gasteiger partial charge in [0.05, 0.1) is 0 Å². The van der Waals surface area contributed by atoms with Gasteiger partial charge in [0, 0.05) is 11.1 Å². The molecule has 2 aromatic rings. The van der Waals surface area contributed by atoms with Gasteiger partial charge in [0.25, 0.3) is 5.56 Å². The van der Waals surface area contributed by atoms with Crippen LogP contribution in [0.5, 0.6) is 0 Å². The Kier molecular flexibility index (Phi) is 3.82. The molecule has 2 rings (SSSR count). The number of benzene rings is 1. The molecular weight excluding hydrogens is 224 g/mol. The van der Waals surface area contributed by atoms with Crippen LogP contribution in [0.3, 0.4) is 0 Å². The number of H-pyrrole nitrogens is 1. The second-order valence-corrected chi connectivity index (χ2v) is 5.12. The lowest BCUT2D eigenvalue weighted by Crippen LogP contribution is -2.17. The van der Waals surface area contributed by atoms with Gasteiger partial charge in [-0.15, -0.1) is 0 Å². The van der Waals surface area contributed by atoms with Crippen molar-refractivity contribution in [1.82, 2.24) is 9.88 Å². The fourth-order valence-corrected chi connectivity index (χ4v) is 2.13. The fourth-order valence-electron chi connectivity index (χ4n) is 2.13. The van der Waals surface area contributed by atoms with Crippen molar-refractivity contribution in [2.45, 2.75) is 19.8 Å². The molecule has 0 radical (unpaired) electrons. The van der Waals surface area contributed by atoms with Gasteiger partial charge in [-0.05, 0) is 63.5 Å². The lowest BCUT2D eigenvalue weighted by molar-refractivity contribution is 0.400. The first-order chi connectivity index (χ1) is 8.56. The van der Waals surface area contributed by atoms with E-state index in [2.05, 4.69) is 22.0 Å². The van der Waals surface area contributed by atoms with Crippen molar-refractivity contribution in [3.63, 3.8) is 0 Å². The van der Waals surface area contributed by atoms with Gasteiger partial charge in [-0.25, -0.2) is 0 Å². The van der Waals surface area contributed by atoms with E-state index in [9.17, 15) is 4.79 Å². The summed E-state index contributed by atoms with van der Waals surface area (Å²) in [6.07, 6.45) is 1.84. The zero-order valence-corrected chi connectivity index (χ0v) is 11.3. The molecule has 0 saturated carbocycles. The second kappa shape index (κ2) is 5.36. The molecule has 0 spiro atoms. The minimum absolute atomic E-state index is 0.0480. The molecule has 3 nitrogen and oxygen atoms in total. The van der Waals surface area contributed by atoms with Crippen molar-refractivity contribution >= 4 is 10.9 Å². The molecule has 1 aromatic heterocycles. The van der Waals surface area contributed by atoms with E-state index in [1.165, 1.54) is 5.56 Å². The van der Waals surface area contributed by atoms with Crippen molar-refractivity contribution in [2.24, 2.45) is 0 Å². The Morgan fingerprint density at radius 2 is 2.00 bits per heavy atom. The number of hydrogen-bond acceptors (Lipinski definition) is 2. The van der Waals surface area contributed by atoms with Gasteiger partial charge in [-0.2, -0.15) is 0 Å². The maximum atomic E-state index is 12.0. The Labute approximate surface area is 107 Å². The molecule has 0 fully saturated rings. The summed E-state index contributed by atoms with van der Waals surface area (Å²) in [5, 5.41) is 1.11. The standard InChI is InChI=1S/C15H20N2O/c1-11-6-7-12-10-13(5-4-8-17(2)3)15(18)16-14(12)9-11/h6-7,9-10H,4-5,8H2,1-3H3,(H,16,18). The normalized spacial score (nSPS) is 11.3. The lowest BCUT2D eigenvalue weighted by Gasteiger charge is -2.09. The van der Waals surface area contributed by atoms with Crippen LogP contribution < -0.4 is 5.56 Å². The minimum atomic E-state index is 0.0480. The van der Waals surface area contributed by atoms with Gasteiger partial charge in [-0.3, -0.25) is 4.79 Å². The van der Waals surface area contributed by atoms with Crippen LogP contribution in [0.1, 0.15) is 17.5 Å². The van der Waals surface area contributed by atoms with Crippen molar-refractivity contribution in [2.75, 3.05) is 20.6 Å². The second-order valence-electron chi connectivity index (χ2n) is 5.12. The van der Waals surface area contributed by atoms with Crippen molar-refractivity contribution in [3.8, 4) is 0 Å². The van der Waals surface area contributed by atoms with E-state index < -0.39 is 0 Å². The summed E-state index contributed by atoms with van der Waals surface area (Å²) < 4.78 is 0. The van der Waals surface area contributed by atoms with Crippen molar-refractivity contribution in [3.05, 3.63) is 45.7 Å². The monoisotopic (exact) mass is 244 g/mol. The minimum Gasteiger partial charge on any atom is -0.322 e. The molecule has 18 heavy (non-hydrogen) atoms. The number of nitrogens with zero attached hydrogens (tertiary/aromatic N) is 1. The number of aryl methyl sites for hydroxylation is 2. The molecule has 0 atom stereocenters. The first-order valence-corrected chi connectivity index (χ1v) is 6.33. The highest BCUT2D eigenvalue weighted by molar-refractivity contribution is 5.79. The van der Waals surface area contributed by atoms with E-state index in [1.54, 1.807) is 0 Å². The molecule has 96 valence electrons. The van der Waals surface area contributed by atoms with Crippen LogP contribution in [0, 0.1) is 6.92 Å². The first kappa shape index (κ1) is 12.8. The summed E-state index contributed by atoms with van der Waals surface area (Å²) in [6, 6.07) is 8.17. The molecule has 0 bridgehead atoms. The molecule has 0 unspecified atom stereocenters. The third-order valence-electron chi connectivity index (χ3n) is 3.13. The van der Waals surface area contributed by atoms with Gasteiger partial charge in [-0.1, -0.05) is 12.1 Å². The van der Waals surface area contributed by atoms with Gasteiger partial charge >= 0.3 is 0 Å². The Morgan fingerprint density at radius 3 is 2.72 bits per heavy atom. The molecular formula is C15H20N2O. The molecule has 0 aliphatic heterocycles. The Balaban J connectivity index is 2.26. The van der Waals surface area contributed by atoms with Crippen LogP contribution in [0.2, 0.25) is 0 Å². The highest BCUT2D eigenvalue weighted by Crippen LogP contribution is 2.13. The lowest BCUT2D eigenvalue weighted by atomic mass is 10.1. The fraction of sp³-hybridized carbons (Fsp3) is 0.400. The van der Waals surface area contributed by atoms with Gasteiger partial charge in [0.15, 0.2) is 0 Å². The number of pyridine rings is 1. The van der Waals surface area contributed by atoms with Crippen LogP contribution in [0.25, 0.3) is 10.9 Å². The van der Waals surface area contributed by atoms with Crippen LogP contribution in [0.15, 0.2) is 29.1 Å². The molecule has 0 aliphatic rings. The summed E-state index contributed by atoms with van der Waals surface area (Å²) in [7, 11) is 4.10. The van der Waals surface area contributed by atoms with E-state index in [0.29, 0.717) is 0 Å². The van der Waals surface area contributed by atoms with Crippen LogP contribution >= 0.6 is 0 Å². The maximum Gasteiger partial charge on any atom is 0.251 e. The SMILES string of the molecule is Cc1ccc2cc(CCCN(C)C)c(=O)[nH]c2c1. The average Bonchev–Trinajstić information content (AvgIpc) is 2.29. The van der Waals surface area contributed by atoms with Crippen LogP contribution in [0.4, 0.5) is 0 Å². The van der Waals surface area contributed by atoms with Crippen molar-refractivity contribution < 1.29 is 0 Å². The highest BCUT2D eigenvalue weighted by Gasteiger charge is 2.03. The number of aromatic nitrogens is 1. The highest BCUT2D eigenvalue weighted by atomic mass is 16.1. The van der Waals surface area contributed by atoms with E-state index in [4.69, 9.17) is 0 Å². The summed E-state index contributed by atoms with van der Waals surface area (Å²) in [5.41, 5.74) is 3.02. The smallest absolute Gasteiger partial charge is 0.251 e. The third-order valence-corrected chi connectivity index (χ3v) is 3.13. The van der Waals surface area contributed by atoms with E-state index in [0.717, 1.165) is 35.9 Å². The van der Waals surface area contributed by atoms with Gasteiger partial charge < -0.3 is 9.88 Å². The third kappa shape index (κ3) is 2.99. The van der Waals surface area contributed by atoms with Crippen LogP contribution in [-0.4, -0.2) is 30.5 Å². The molecule has 1 aromatic carbocycles. The largest absolute Gasteiger partial charge is 0.322 e. The summed E-state index contributed by atoms with van der Waals surface area (Å²) >= 11 is 0. The molecule has 3 heteroatoms. The Hall–Kier alpha value is -1.61. The average molecular weight is 244 g/mol. The maximum absolute atomic E-state index is 12.0. The number of nitrogens with one attached hydrogen (secondary N) is 1. The first-order valence-electron chi connectivity index (χ1n) is 6.33. The predicted molar refractivity (Wildman–Crippen MR) is 76.2 cm³/mol. The summed E-state index contributed by atoms with van der Waals surface area (Å²) in [5.74, 6) is 0.